The average molecular weight is 185 g/mol. The topological polar surface area (TPSA) is 27.3 Å². The molecule has 0 unspecified atom stereocenters. The zero-order valence-electron chi connectivity index (χ0n) is 8.97. The summed E-state index contributed by atoms with van der Waals surface area (Å²) in [5.74, 6) is 0.910. The summed E-state index contributed by atoms with van der Waals surface area (Å²) in [6, 6.07) is 0. The molecule has 1 aliphatic heterocycles. The summed E-state index contributed by atoms with van der Waals surface area (Å²) in [7, 11) is 4.21. The standard InChI is InChI=1S/C10H23N3/c1-11-5-6-12-9-10-3-7-13(2)8-4-10/h10-12H,3-9H2,1-2H3. The molecular formula is C10H23N3. The van der Waals surface area contributed by atoms with Crippen molar-refractivity contribution in [3.8, 4) is 0 Å². The molecule has 1 aliphatic rings. The third-order valence-corrected chi connectivity index (χ3v) is 2.82. The van der Waals surface area contributed by atoms with Gasteiger partial charge in [0, 0.05) is 13.1 Å². The van der Waals surface area contributed by atoms with Crippen LogP contribution in [0.2, 0.25) is 0 Å². The second-order valence-electron chi connectivity index (χ2n) is 4.05. The van der Waals surface area contributed by atoms with Gasteiger partial charge in [0.1, 0.15) is 0 Å². The van der Waals surface area contributed by atoms with Crippen LogP contribution in [0.25, 0.3) is 0 Å². The molecule has 1 heterocycles. The predicted molar refractivity (Wildman–Crippen MR) is 57.0 cm³/mol. The lowest BCUT2D eigenvalue weighted by atomic mass is 9.97. The Balaban J connectivity index is 1.96. The number of rotatable bonds is 5. The second-order valence-corrected chi connectivity index (χ2v) is 4.05. The summed E-state index contributed by atoms with van der Waals surface area (Å²) < 4.78 is 0. The van der Waals surface area contributed by atoms with Crippen molar-refractivity contribution in [3.63, 3.8) is 0 Å². The Morgan fingerprint density at radius 3 is 2.54 bits per heavy atom. The molecular weight excluding hydrogens is 162 g/mol. The molecule has 0 amide bonds. The molecule has 78 valence electrons. The van der Waals surface area contributed by atoms with Gasteiger partial charge in [0.2, 0.25) is 0 Å². The van der Waals surface area contributed by atoms with Crippen molar-refractivity contribution >= 4 is 0 Å². The van der Waals surface area contributed by atoms with Crippen LogP contribution in [0.5, 0.6) is 0 Å². The van der Waals surface area contributed by atoms with Crippen molar-refractivity contribution in [3.05, 3.63) is 0 Å². The van der Waals surface area contributed by atoms with Gasteiger partial charge in [0.05, 0.1) is 0 Å². The average Bonchev–Trinajstić information content (AvgIpc) is 2.15. The lowest BCUT2D eigenvalue weighted by Crippen LogP contribution is -2.36. The third-order valence-electron chi connectivity index (χ3n) is 2.82. The number of hydrogen-bond acceptors (Lipinski definition) is 3. The Morgan fingerprint density at radius 2 is 1.92 bits per heavy atom. The molecule has 3 heteroatoms. The van der Waals surface area contributed by atoms with Crippen molar-refractivity contribution in [1.82, 2.24) is 15.5 Å². The summed E-state index contributed by atoms with van der Waals surface area (Å²) in [5, 5.41) is 6.63. The van der Waals surface area contributed by atoms with E-state index in [1.807, 2.05) is 7.05 Å². The first kappa shape index (κ1) is 11.0. The fourth-order valence-electron chi connectivity index (χ4n) is 1.79. The monoisotopic (exact) mass is 185 g/mol. The van der Waals surface area contributed by atoms with Crippen LogP contribution in [0.3, 0.4) is 0 Å². The maximum atomic E-state index is 3.49. The second kappa shape index (κ2) is 6.35. The minimum absolute atomic E-state index is 0.910. The summed E-state index contributed by atoms with van der Waals surface area (Å²) in [5.41, 5.74) is 0. The molecule has 0 radical (unpaired) electrons. The molecule has 0 aromatic carbocycles. The van der Waals surface area contributed by atoms with Gasteiger partial charge in [-0.2, -0.15) is 0 Å². The van der Waals surface area contributed by atoms with Crippen LogP contribution in [-0.4, -0.2) is 51.7 Å². The van der Waals surface area contributed by atoms with Gasteiger partial charge < -0.3 is 15.5 Å². The van der Waals surface area contributed by atoms with Crippen molar-refractivity contribution in [2.24, 2.45) is 5.92 Å². The van der Waals surface area contributed by atoms with Gasteiger partial charge in [0.25, 0.3) is 0 Å². The minimum Gasteiger partial charge on any atom is -0.318 e. The van der Waals surface area contributed by atoms with Crippen molar-refractivity contribution < 1.29 is 0 Å². The van der Waals surface area contributed by atoms with Gasteiger partial charge in [0.15, 0.2) is 0 Å². The van der Waals surface area contributed by atoms with E-state index >= 15 is 0 Å². The Bertz CT molecular complexity index is 119. The zero-order valence-corrected chi connectivity index (χ0v) is 8.97. The highest BCUT2D eigenvalue weighted by Crippen LogP contribution is 2.14. The Morgan fingerprint density at radius 1 is 1.23 bits per heavy atom. The lowest BCUT2D eigenvalue weighted by molar-refractivity contribution is 0.216. The van der Waals surface area contributed by atoms with E-state index in [2.05, 4.69) is 22.6 Å². The Labute approximate surface area is 81.9 Å². The maximum absolute atomic E-state index is 3.49. The van der Waals surface area contributed by atoms with Crippen molar-refractivity contribution in [2.75, 3.05) is 46.8 Å². The molecule has 13 heavy (non-hydrogen) atoms. The molecule has 3 nitrogen and oxygen atoms in total. The van der Waals surface area contributed by atoms with E-state index in [9.17, 15) is 0 Å². The summed E-state index contributed by atoms with van der Waals surface area (Å²) >= 11 is 0. The van der Waals surface area contributed by atoms with Crippen molar-refractivity contribution in [2.45, 2.75) is 12.8 Å². The summed E-state index contributed by atoms with van der Waals surface area (Å²) in [6.45, 7) is 5.93. The van der Waals surface area contributed by atoms with E-state index in [1.165, 1.54) is 32.5 Å². The minimum atomic E-state index is 0.910. The highest BCUT2D eigenvalue weighted by molar-refractivity contribution is 4.71. The van der Waals surface area contributed by atoms with Gasteiger partial charge in [-0.1, -0.05) is 0 Å². The highest BCUT2D eigenvalue weighted by Gasteiger charge is 2.15. The first-order valence-corrected chi connectivity index (χ1v) is 5.37. The quantitative estimate of drug-likeness (QED) is 0.597. The van der Waals surface area contributed by atoms with Crippen LogP contribution in [-0.2, 0) is 0 Å². The van der Waals surface area contributed by atoms with Gasteiger partial charge in [-0.05, 0) is 52.5 Å². The normalized spacial score (nSPS) is 20.8. The molecule has 0 spiro atoms. The smallest absolute Gasteiger partial charge is 0.00767 e. The lowest BCUT2D eigenvalue weighted by Gasteiger charge is -2.29. The number of likely N-dealkylation sites (N-methyl/N-ethyl adjacent to an activating group) is 1. The molecule has 0 aromatic heterocycles. The SMILES string of the molecule is CNCCNCC1CCN(C)CC1. The van der Waals surface area contributed by atoms with E-state index in [0.717, 1.165) is 19.0 Å². The first-order valence-electron chi connectivity index (χ1n) is 5.37. The molecule has 2 N–H and O–H groups in total. The van der Waals surface area contributed by atoms with Crippen molar-refractivity contribution in [1.29, 1.82) is 0 Å². The Hall–Kier alpha value is -0.120. The molecule has 0 aliphatic carbocycles. The molecule has 0 bridgehead atoms. The zero-order chi connectivity index (χ0) is 9.52. The van der Waals surface area contributed by atoms with Crippen LogP contribution in [0.4, 0.5) is 0 Å². The van der Waals surface area contributed by atoms with E-state index in [4.69, 9.17) is 0 Å². The van der Waals surface area contributed by atoms with Crippen LogP contribution in [0, 0.1) is 5.92 Å². The fourth-order valence-corrected chi connectivity index (χ4v) is 1.79. The number of nitrogens with zero attached hydrogens (tertiary/aromatic N) is 1. The highest BCUT2D eigenvalue weighted by atomic mass is 15.1. The molecule has 0 saturated carbocycles. The van der Waals surface area contributed by atoms with Gasteiger partial charge in [-0.3, -0.25) is 0 Å². The van der Waals surface area contributed by atoms with Gasteiger partial charge >= 0.3 is 0 Å². The van der Waals surface area contributed by atoms with Crippen LogP contribution >= 0.6 is 0 Å². The van der Waals surface area contributed by atoms with E-state index < -0.39 is 0 Å². The molecule has 1 fully saturated rings. The summed E-state index contributed by atoms with van der Waals surface area (Å²) in [4.78, 5) is 2.42. The van der Waals surface area contributed by atoms with Gasteiger partial charge in [-0.15, -0.1) is 0 Å². The third kappa shape index (κ3) is 4.60. The number of hydrogen-bond donors (Lipinski definition) is 2. The van der Waals surface area contributed by atoms with E-state index in [-0.39, 0.29) is 0 Å². The van der Waals surface area contributed by atoms with Crippen LogP contribution < -0.4 is 10.6 Å². The van der Waals surface area contributed by atoms with Gasteiger partial charge in [-0.25, -0.2) is 0 Å². The van der Waals surface area contributed by atoms with E-state index in [0.29, 0.717) is 0 Å². The van der Waals surface area contributed by atoms with Crippen LogP contribution in [0.1, 0.15) is 12.8 Å². The summed E-state index contributed by atoms with van der Waals surface area (Å²) in [6.07, 6.45) is 2.73. The van der Waals surface area contributed by atoms with E-state index in [1.54, 1.807) is 0 Å². The fraction of sp³-hybridized carbons (Fsp3) is 1.00. The van der Waals surface area contributed by atoms with Crippen LogP contribution in [0.15, 0.2) is 0 Å². The molecule has 0 atom stereocenters. The largest absolute Gasteiger partial charge is 0.318 e. The Kier molecular flexibility index (Phi) is 5.35. The molecule has 1 rings (SSSR count). The molecule has 1 saturated heterocycles. The predicted octanol–water partition coefficient (Wildman–Crippen LogP) is 0.137. The first-order chi connectivity index (χ1) is 6.33. The number of nitrogens with one attached hydrogen (secondary N) is 2. The molecule has 0 aromatic rings. The number of piperidine rings is 1. The number of likely N-dealkylation sites (tertiary alicyclic amines) is 1. The maximum Gasteiger partial charge on any atom is 0.00767 e.